The Morgan fingerprint density at radius 3 is 2.88 bits per heavy atom. The average Bonchev–Trinajstić information content (AvgIpc) is 2.73. The summed E-state index contributed by atoms with van der Waals surface area (Å²) in [4.78, 5) is 8.82. The summed E-state index contributed by atoms with van der Waals surface area (Å²) in [7, 11) is 0. The third kappa shape index (κ3) is 2.64. The van der Waals surface area contributed by atoms with E-state index in [1.165, 1.54) is 0 Å². The van der Waals surface area contributed by atoms with Gasteiger partial charge >= 0.3 is 0 Å². The van der Waals surface area contributed by atoms with Gasteiger partial charge in [0.05, 0.1) is 11.6 Å². The first-order chi connectivity index (χ1) is 8.20. The summed E-state index contributed by atoms with van der Waals surface area (Å²) < 4.78 is 0. The fourth-order valence-electron chi connectivity index (χ4n) is 1.53. The van der Waals surface area contributed by atoms with Crippen molar-refractivity contribution in [3.8, 4) is 0 Å². The first-order valence-electron chi connectivity index (χ1n) is 5.92. The number of rotatable bonds is 5. The molecule has 92 valence electrons. The number of hydrogen-bond donors (Lipinski definition) is 3. The van der Waals surface area contributed by atoms with E-state index in [2.05, 4.69) is 51.6 Å². The van der Waals surface area contributed by atoms with Crippen LogP contribution in [0.25, 0.3) is 11.0 Å². The number of anilines is 2. The van der Waals surface area contributed by atoms with Crippen molar-refractivity contribution in [3.05, 3.63) is 6.20 Å². The molecule has 0 aliphatic heterocycles. The molecule has 0 saturated carbocycles. The zero-order chi connectivity index (χ0) is 12.3. The highest BCUT2D eigenvalue weighted by Gasteiger charge is 2.09. The Balaban J connectivity index is 2.36. The molecule has 2 rings (SSSR count). The molecule has 0 aliphatic carbocycles. The molecule has 17 heavy (non-hydrogen) atoms. The molecule has 0 fully saturated rings. The number of hydrogen-bond acceptors (Lipinski definition) is 5. The van der Waals surface area contributed by atoms with E-state index >= 15 is 0 Å². The molecule has 0 aromatic carbocycles. The number of aromatic nitrogens is 4. The molecule has 6 heteroatoms. The van der Waals surface area contributed by atoms with Gasteiger partial charge in [0.15, 0.2) is 5.65 Å². The zero-order valence-electron chi connectivity index (χ0n) is 10.4. The van der Waals surface area contributed by atoms with Gasteiger partial charge in [-0.05, 0) is 20.3 Å². The van der Waals surface area contributed by atoms with Gasteiger partial charge in [0, 0.05) is 12.6 Å². The highest BCUT2D eigenvalue weighted by Crippen LogP contribution is 2.20. The smallest absolute Gasteiger partial charge is 0.226 e. The van der Waals surface area contributed by atoms with Crippen LogP contribution in [0.1, 0.15) is 27.2 Å². The van der Waals surface area contributed by atoms with Gasteiger partial charge in [-0.25, -0.2) is 0 Å². The number of fused-ring (bicyclic) bond motifs is 1. The summed E-state index contributed by atoms with van der Waals surface area (Å²) in [6, 6.07) is 0.321. The van der Waals surface area contributed by atoms with Crippen LogP contribution in [0, 0.1) is 0 Å². The third-order valence-electron chi connectivity index (χ3n) is 2.27. The Hall–Kier alpha value is -1.85. The van der Waals surface area contributed by atoms with E-state index in [4.69, 9.17) is 0 Å². The van der Waals surface area contributed by atoms with Crippen LogP contribution in [-0.4, -0.2) is 32.8 Å². The summed E-state index contributed by atoms with van der Waals surface area (Å²) in [5.74, 6) is 1.45. The second-order valence-electron chi connectivity index (χ2n) is 4.25. The van der Waals surface area contributed by atoms with E-state index in [1.807, 2.05) is 0 Å². The van der Waals surface area contributed by atoms with E-state index in [-0.39, 0.29) is 0 Å². The van der Waals surface area contributed by atoms with Crippen LogP contribution in [0.2, 0.25) is 0 Å². The highest BCUT2D eigenvalue weighted by atomic mass is 15.2. The van der Waals surface area contributed by atoms with Crippen molar-refractivity contribution in [2.75, 3.05) is 17.2 Å². The van der Waals surface area contributed by atoms with Crippen molar-refractivity contribution in [2.24, 2.45) is 0 Å². The highest BCUT2D eigenvalue weighted by molar-refractivity contribution is 5.87. The monoisotopic (exact) mass is 234 g/mol. The first kappa shape index (κ1) is 11.6. The van der Waals surface area contributed by atoms with Crippen LogP contribution in [-0.2, 0) is 0 Å². The molecule has 0 radical (unpaired) electrons. The lowest BCUT2D eigenvalue weighted by Crippen LogP contribution is -2.13. The molecule has 6 nitrogen and oxygen atoms in total. The molecule has 0 amide bonds. The van der Waals surface area contributed by atoms with Crippen LogP contribution in [0.4, 0.5) is 11.8 Å². The van der Waals surface area contributed by atoms with Gasteiger partial charge in [0.1, 0.15) is 5.82 Å². The van der Waals surface area contributed by atoms with Gasteiger partial charge < -0.3 is 10.6 Å². The van der Waals surface area contributed by atoms with E-state index in [9.17, 15) is 0 Å². The maximum atomic E-state index is 4.46. The summed E-state index contributed by atoms with van der Waals surface area (Å²) in [5, 5.41) is 14.3. The Labute approximate surface area is 100 Å². The predicted molar refractivity (Wildman–Crippen MR) is 69.2 cm³/mol. The minimum Gasteiger partial charge on any atom is -0.367 e. The average molecular weight is 234 g/mol. The fraction of sp³-hybridized carbons (Fsp3) is 0.545. The SMILES string of the molecule is CCCNc1nc(NC(C)C)c2cn[nH]c2n1. The van der Waals surface area contributed by atoms with Crippen molar-refractivity contribution in [1.82, 2.24) is 20.2 Å². The number of nitrogens with one attached hydrogen (secondary N) is 3. The van der Waals surface area contributed by atoms with Crippen molar-refractivity contribution < 1.29 is 0 Å². The lowest BCUT2D eigenvalue weighted by atomic mass is 10.3. The van der Waals surface area contributed by atoms with Gasteiger partial charge in [-0.3, -0.25) is 5.10 Å². The molecule has 0 unspecified atom stereocenters. The van der Waals surface area contributed by atoms with Crippen LogP contribution in [0.3, 0.4) is 0 Å². The van der Waals surface area contributed by atoms with E-state index in [0.717, 1.165) is 29.8 Å². The molecule has 2 heterocycles. The quantitative estimate of drug-likeness (QED) is 0.737. The standard InChI is InChI=1S/C11H18N6/c1-4-5-12-11-15-9(14-7(2)3)8-6-13-17-10(8)16-11/h6-7H,4-5H2,1-3H3,(H3,12,13,14,15,16,17). The minimum atomic E-state index is 0.321. The molecule has 3 N–H and O–H groups in total. The molecular weight excluding hydrogens is 216 g/mol. The largest absolute Gasteiger partial charge is 0.367 e. The molecule has 0 spiro atoms. The summed E-state index contributed by atoms with van der Waals surface area (Å²) in [6.45, 7) is 7.12. The lowest BCUT2D eigenvalue weighted by molar-refractivity contribution is 0.888. The van der Waals surface area contributed by atoms with Crippen molar-refractivity contribution >= 4 is 22.8 Å². The van der Waals surface area contributed by atoms with Gasteiger partial charge in [0.2, 0.25) is 5.95 Å². The van der Waals surface area contributed by atoms with Gasteiger partial charge in [-0.1, -0.05) is 6.92 Å². The number of aromatic amines is 1. The predicted octanol–water partition coefficient (Wildman–Crippen LogP) is 2.00. The molecule has 0 bridgehead atoms. The second-order valence-corrected chi connectivity index (χ2v) is 4.25. The molecular formula is C11H18N6. The Morgan fingerprint density at radius 2 is 2.18 bits per heavy atom. The zero-order valence-corrected chi connectivity index (χ0v) is 10.4. The maximum absolute atomic E-state index is 4.46. The van der Waals surface area contributed by atoms with Crippen molar-refractivity contribution in [2.45, 2.75) is 33.2 Å². The lowest BCUT2D eigenvalue weighted by Gasteiger charge is -2.11. The van der Waals surface area contributed by atoms with Crippen LogP contribution < -0.4 is 10.6 Å². The van der Waals surface area contributed by atoms with Crippen molar-refractivity contribution in [1.29, 1.82) is 0 Å². The summed E-state index contributed by atoms with van der Waals surface area (Å²) in [6.07, 6.45) is 2.78. The fourth-order valence-corrected chi connectivity index (χ4v) is 1.53. The van der Waals surface area contributed by atoms with Crippen molar-refractivity contribution in [3.63, 3.8) is 0 Å². The number of nitrogens with zero attached hydrogens (tertiary/aromatic N) is 3. The first-order valence-corrected chi connectivity index (χ1v) is 5.92. The van der Waals surface area contributed by atoms with Gasteiger partial charge in [0.25, 0.3) is 0 Å². The van der Waals surface area contributed by atoms with Gasteiger partial charge in [-0.2, -0.15) is 15.1 Å². The van der Waals surface area contributed by atoms with Crippen LogP contribution >= 0.6 is 0 Å². The number of H-pyrrole nitrogens is 1. The van der Waals surface area contributed by atoms with Crippen LogP contribution in [0.5, 0.6) is 0 Å². The molecule has 0 atom stereocenters. The van der Waals surface area contributed by atoms with E-state index in [1.54, 1.807) is 6.20 Å². The minimum absolute atomic E-state index is 0.321. The van der Waals surface area contributed by atoms with Gasteiger partial charge in [-0.15, -0.1) is 0 Å². The summed E-state index contributed by atoms with van der Waals surface area (Å²) in [5.41, 5.74) is 0.752. The topological polar surface area (TPSA) is 78.5 Å². The maximum Gasteiger partial charge on any atom is 0.226 e. The van der Waals surface area contributed by atoms with E-state index < -0.39 is 0 Å². The molecule has 2 aromatic rings. The Bertz CT molecular complexity index is 490. The summed E-state index contributed by atoms with van der Waals surface area (Å²) >= 11 is 0. The third-order valence-corrected chi connectivity index (χ3v) is 2.27. The Morgan fingerprint density at radius 1 is 1.35 bits per heavy atom. The second kappa shape index (κ2) is 4.99. The van der Waals surface area contributed by atoms with E-state index in [0.29, 0.717) is 12.0 Å². The Kier molecular flexibility index (Phi) is 3.41. The molecule has 0 aliphatic rings. The normalized spacial score (nSPS) is 11.1. The van der Waals surface area contributed by atoms with Crippen LogP contribution in [0.15, 0.2) is 6.20 Å². The molecule has 2 aromatic heterocycles. The molecule has 0 saturated heterocycles.